The summed E-state index contributed by atoms with van der Waals surface area (Å²) in [6, 6.07) is 17.7. The van der Waals surface area contributed by atoms with Gasteiger partial charge >= 0.3 is 0 Å². The Morgan fingerprint density at radius 2 is 1.90 bits per heavy atom. The number of carbonyl (C=O) groups is 2. The van der Waals surface area contributed by atoms with E-state index in [1.807, 2.05) is 41.3 Å². The highest BCUT2D eigenvalue weighted by Crippen LogP contribution is 2.39. The Hall–Kier alpha value is -3.12. The minimum Gasteiger partial charge on any atom is -0.497 e. The normalized spacial score (nSPS) is 17.3. The molecule has 1 aliphatic carbocycles. The molecule has 2 heterocycles. The molecule has 5 rings (SSSR count). The van der Waals surface area contributed by atoms with Gasteiger partial charge in [-0.1, -0.05) is 36.4 Å². The first-order valence-corrected chi connectivity index (χ1v) is 11.4. The van der Waals surface area contributed by atoms with Crippen molar-refractivity contribution in [1.82, 2.24) is 10.2 Å². The molecule has 3 aromatic rings. The molecule has 0 unspecified atom stereocenters. The number of nitrogens with one attached hydrogen (secondary N) is 1. The van der Waals surface area contributed by atoms with Gasteiger partial charge in [0.2, 0.25) is 5.91 Å². The molecule has 1 aliphatic heterocycles. The fourth-order valence-electron chi connectivity index (χ4n) is 4.39. The zero-order chi connectivity index (χ0) is 21.4. The van der Waals surface area contributed by atoms with Gasteiger partial charge in [0.1, 0.15) is 11.8 Å². The fraction of sp³-hybridized carbons (Fsp3) is 0.280. The number of rotatable bonds is 5. The van der Waals surface area contributed by atoms with Gasteiger partial charge in [-0.15, -0.1) is 11.3 Å². The van der Waals surface area contributed by atoms with Gasteiger partial charge in [-0.05, 0) is 59.7 Å². The number of likely N-dealkylation sites (tertiary alicyclic amines) is 1. The van der Waals surface area contributed by atoms with E-state index in [2.05, 4.69) is 23.5 Å². The average Bonchev–Trinajstić information content (AvgIpc) is 3.39. The van der Waals surface area contributed by atoms with Crippen LogP contribution in [0.2, 0.25) is 0 Å². The summed E-state index contributed by atoms with van der Waals surface area (Å²) in [6.45, 7) is 1.18. The number of hydrogen-bond donors (Lipinski definition) is 1. The molecule has 1 saturated heterocycles. The fourth-order valence-corrected chi connectivity index (χ4v) is 5.57. The lowest BCUT2D eigenvalue weighted by atomic mass is 9.91. The maximum absolute atomic E-state index is 12.9. The van der Waals surface area contributed by atoms with Crippen molar-refractivity contribution in [2.45, 2.75) is 31.8 Å². The lowest BCUT2D eigenvalue weighted by Crippen LogP contribution is -2.41. The van der Waals surface area contributed by atoms with Crippen molar-refractivity contribution < 1.29 is 14.3 Å². The van der Waals surface area contributed by atoms with Crippen molar-refractivity contribution in [3.05, 3.63) is 76.2 Å². The van der Waals surface area contributed by atoms with Crippen LogP contribution in [0.5, 0.6) is 5.75 Å². The van der Waals surface area contributed by atoms with Crippen molar-refractivity contribution in [2.75, 3.05) is 13.7 Å². The van der Waals surface area contributed by atoms with Crippen LogP contribution in [0.15, 0.2) is 54.6 Å². The third-order valence-electron chi connectivity index (χ3n) is 6.09. The van der Waals surface area contributed by atoms with E-state index < -0.39 is 6.04 Å². The third kappa shape index (κ3) is 3.83. The van der Waals surface area contributed by atoms with Gasteiger partial charge in [0, 0.05) is 18.0 Å². The molecule has 2 amide bonds. The van der Waals surface area contributed by atoms with E-state index in [9.17, 15) is 9.59 Å². The lowest BCUT2D eigenvalue weighted by Gasteiger charge is -2.17. The van der Waals surface area contributed by atoms with Gasteiger partial charge in [0.15, 0.2) is 0 Å². The van der Waals surface area contributed by atoms with Crippen LogP contribution < -0.4 is 10.1 Å². The van der Waals surface area contributed by atoms with Crippen molar-refractivity contribution in [1.29, 1.82) is 0 Å². The number of aryl methyl sites for hydroxylation is 2. The Bertz CT molecular complexity index is 1140. The van der Waals surface area contributed by atoms with Crippen LogP contribution in [0.4, 0.5) is 0 Å². The summed E-state index contributed by atoms with van der Waals surface area (Å²) in [5, 5.41) is 2.97. The summed E-state index contributed by atoms with van der Waals surface area (Å²) in [7, 11) is 1.63. The quantitative estimate of drug-likeness (QED) is 0.662. The predicted octanol–water partition coefficient (Wildman–Crippen LogP) is 4.05. The number of nitrogens with zero attached hydrogens (tertiary/aromatic N) is 1. The minimum absolute atomic E-state index is 0.0177. The Morgan fingerprint density at radius 1 is 1.13 bits per heavy atom. The molecule has 5 nitrogen and oxygen atoms in total. The predicted molar refractivity (Wildman–Crippen MR) is 121 cm³/mol. The van der Waals surface area contributed by atoms with Gasteiger partial charge < -0.3 is 15.0 Å². The van der Waals surface area contributed by atoms with Gasteiger partial charge in [-0.3, -0.25) is 9.59 Å². The molecule has 2 aliphatic rings. The van der Waals surface area contributed by atoms with Crippen LogP contribution in [0, 0.1) is 0 Å². The van der Waals surface area contributed by atoms with E-state index in [0.29, 0.717) is 24.4 Å². The molecule has 1 fully saturated rings. The molecule has 158 valence electrons. The number of carbonyl (C=O) groups excluding carboxylic acids is 2. The Kier molecular flexibility index (Phi) is 5.24. The summed E-state index contributed by atoms with van der Waals surface area (Å²) < 4.78 is 5.19. The molecular weight excluding hydrogens is 408 g/mol. The van der Waals surface area contributed by atoms with Gasteiger partial charge in [0.05, 0.1) is 12.0 Å². The van der Waals surface area contributed by atoms with Crippen molar-refractivity contribution in [3.63, 3.8) is 0 Å². The number of methoxy groups -OCH3 is 1. The molecule has 6 heteroatoms. The molecule has 31 heavy (non-hydrogen) atoms. The molecule has 0 saturated carbocycles. The van der Waals surface area contributed by atoms with E-state index >= 15 is 0 Å². The first kappa shape index (κ1) is 19.8. The van der Waals surface area contributed by atoms with Crippen LogP contribution in [-0.4, -0.2) is 36.4 Å². The summed E-state index contributed by atoms with van der Waals surface area (Å²) in [5.41, 5.74) is 4.85. The summed E-state index contributed by atoms with van der Waals surface area (Å²) in [6.07, 6.45) is 2.59. The zero-order valence-corrected chi connectivity index (χ0v) is 18.2. The number of benzene rings is 2. The number of ether oxygens (including phenoxy) is 1. The van der Waals surface area contributed by atoms with E-state index in [0.717, 1.165) is 24.2 Å². The zero-order valence-electron chi connectivity index (χ0n) is 17.4. The van der Waals surface area contributed by atoms with Crippen LogP contribution in [0.1, 0.15) is 32.8 Å². The van der Waals surface area contributed by atoms with Crippen LogP contribution in [0.3, 0.4) is 0 Å². The minimum atomic E-state index is -0.461. The van der Waals surface area contributed by atoms with E-state index in [1.54, 1.807) is 7.11 Å². The van der Waals surface area contributed by atoms with E-state index in [4.69, 9.17) is 4.74 Å². The van der Waals surface area contributed by atoms with Crippen molar-refractivity contribution in [3.8, 4) is 16.2 Å². The highest BCUT2D eigenvalue weighted by molar-refractivity contribution is 7.17. The highest BCUT2D eigenvalue weighted by Gasteiger charge is 2.33. The lowest BCUT2D eigenvalue weighted by molar-refractivity contribution is -0.129. The second-order valence-electron chi connectivity index (χ2n) is 8.04. The summed E-state index contributed by atoms with van der Waals surface area (Å²) in [5.74, 6) is 0.625. The van der Waals surface area contributed by atoms with Crippen LogP contribution in [-0.2, 0) is 24.2 Å². The van der Waals surface area contributed by atoms with Gasteiger partial charge in [-0.2, -0.15) is 0 Å². The highest BCUT2D eigenvalue weighted by atomic mass is 32.1. The second kappa shape index (κ2) is 8.19. The molecule has 0 bridgehead atoms. The second-order valence-corrected chi connectivity index (χ2v) is 9.10. The molecule has 1 atom stereocenters. The topological polar surface area (TPSA) is 58.6 Å². The molecule has 0 spiro atoms. The standard InChI is InChI=1S/C25H24N2O3S/c1-30-19-10-6-16(7-11-19)15-27-13-12-21(25(27)29)26-24(28)22-14-18-9-8-17-4-2-3-5-20(17)23(18)31-22/h2-7,10-11,14,21H,8-9,12-13,15H2,1H3,(H,26,28)/t21-/m1/s1. The van der Waals surface area contributed by atoms with Crippen LogP contribution in [0.25, 0.3) is 10.4 Å². The number of amides is 2. The SMILES string of the molecule is COc1ccc(CN2CC[C@@H](NC(=O)c3cc4c(s3)-c3ccccc3CC4)C2=O)cc1. The smallest absolute Gasteiger partial charge is 0.262 e. The molecular formula is C25H24N2O3S. The van der Waals surface area contributed by atoms with Gasteiger partial charge in [0.25, 0.3) is 5.91 Å². The number of hydrogen-bond acceptors (Lipinski definition) is 4. The first-order valence-electron chi connectivity index (χ1n) is 10.6. The van der Waals surface area contributed by atoms with Crippen LogP contribution >= 0.6 is 11.3 Å². The molecule has 1 aromatic heterocycles. The summed E-state index contributed by atoms with van der Waals surface area (Å²) >= 11 is 1.53. The average molecular weight is 433 g/mol. The van der Waals surface area contributed by atoms with Gasteiger partial charge in [-0.25, -0.2) is 0 Å². The first-order chi connectivity index (χ1) is 15.1. The number of thiophene rings is 1. The van der Waals surface area contributed by atoms with Crippen molar-refractivity contribution >= 4 is 23.2 Å². The van der Waals surface area contributed by atoms with E-state index in [1.165, 1.54) is 32.9 Å². The van der Waals surface area contributed by atoms with E-state index in [-0.39, 0.29) is 11.8 Å². The molecule has 0 radical (unpaired) electrons. The Labute approximate surface area is 185 Å². The van der Waals surface area contributed by atoms with Crippen molar-refractivity contribution in [2.24, 2.45) is 0 Å². The monoisotopic (exact) mass is 432 g/mol. The Morgan fingerprint density at radius 3 is 2.71 bits per heavy atom. The maximum Gasteiger partial charge on any atom is 0.262 e. The maximum atomic E-state index is 12.9. The molecule has 1 N–H and O–H groups in total. The largest absolute Gasteiger partial charge is 0.497 e. The molecule has 2 aromatic carbocycles. The number of fused-ring (bicyclic) bond motifs is 3. The summed E-state index contributed by atoms with van der Waals surface area (Å²) in [4.78, 5) is 29.5. The Balaban J connectivity index is 1.25. The third-order valence-corrected chi connectivity index (χ3v) is 7.30.